The van der Waals surface area contributed by atoms with Crippen molar-refractivity contribution in [3.8, 4) is 0 Å². The highest BCUT2D eigenvalue weighted by Gasteiger charge is 2.28. The van der Waals surface area contributed by atoms with Gasteiger partial charge in [-0.05, 0) is 38.5 Å². The van der Waals surface area contributed by atoms with Gasteiger partial charge in [-0.25, -0.2) is 4.57 Å². The van der Waals surface area contributed by atoms with Crippen molar-refractivity contribution in [1.29, 1.82) is 0 Å². The highest BCUT2D eigenvalue weighted by molar-refractivity contribution is 7.47. The number of carbonyl (C=O) groups excluding carboxylic acids is 2. The van der Waals surface area contributed by atoms with Gasteiger partial charge in [0.05, 0.1) is 13.2 Å². The zero-order valence-electron chi connectivity index (χ0n) is 32.9. The fraction of sp³-hybridized carbons (Fsp3) is 0.875. The van der Waals surface area contributed by atoms with Gasteiger partial charge in [-0.2, -0.15) is 0 Å². The van der Waals surface area contributed by atoms with Crippen molar-refractivity contribution in [2.75, 3.05) is 19.8 Å². The molecule has 0 spiro atoms. The van der Waals surface area contributed by atoms with Crippen LogP contribution < -0.4 is 5.73 Å². The zero-order valence-corrected chi connectivity index (χ0v) is 33.8. The maximum absolute atomic E-state index is 12.6. The molecular weight excluding hydrogens is 685 g/mol. The third-order valence-corrected chi connectivity index (χ3v) is 9.96. The van der Waals surface area contributed by atoms with E-state index in [0.717, 1.165) is 38.5 Å². The van der Waals surface area contributed by atoms with E-state index in [1.54, 1.807) is 0 Å². The Kier molecular flexibility index (Phi) is 35.0. The van der Waals surface area contributed by atoms with Crippen LogP contribution in [0.5, 0.6) is 0 Å². The number of nitrogens with two attached hydrogens (primary N) is 1. The van der Waals surface area contributed by atoms with E-state index in [1.165, 1.54) is 116 Å². The molecular formula is C40H76NO10P. The number of ether oxygens (including phenoxy) is 2. The number of hydrogen-bond donors (Lipinski definition) is 3. The fourth-order valence-corrected chi connectivity index (χ4v) is 6.48. The van der Waals surface area contributed by atoms with Gasteiger partial charge < -0.3 is 25.2 Å². The summed E-state index contributed by atoms with van der Waals surface area (Å²) in [5.41, 5.74) is 5.32. The smallest absolute Gasteiger partial charge is 0.472 e. The number of rotatable bonds is 39. The molecule has 0 aliphatic rings. The number of carbonyl (C=O) groups is 3. The standard InChI is InChI=1S/C40H76NO10P/c1-3-5-7-9-11-13-14-15-16-17-18-19-20-21-22-24-26-28-30-32-39(43)51-36(34-49-52(46,47)50-35-37(41)40(44)45)33-48-38(42)31-29-27-25-23-12-10-8-6-4-2/h15-16,36-37H,3-14,17-35,41H2,1-2H3,(H,44,45)(H,46,47)/b16-15-. The van der Waals surface area contributed by atoms with Crippen LogP contribution in [0.2, 0.25) is 0 Å². The molecule has 0 radical (unpaired) electrons. The SMILES string of the molecule is CCCCCCCC/C=C\CCCCCCCCCCCC(=O)OC(COC(=O)CCCCCCCCCCC)COP(=O)(O)OCC(N)C(=O)O. The first-order valence-electron chi connectivity index (χ1n) is 20.7. The van der Waals surface area contributed by atoms with Crippen molar-refractivity contribution < 1.29 is 47.5 Å². The molecule has 4 N–H and O–H groups in total. The van der Waals surface area contributed by atoms with Crippen LogP contribution in [0.4, 0.5) is 0 Å². The Bertz CT molecular complexity index is 947. The number of carboxylic acids is 1. The molecule has 0 fully saturated rings. The summed E-state index contributed by atoms with van der Waals surface area (Å²) >= 11 is 0. The molecule has 0 heterocycles. The number of carboxylic acid groups (broad SMARTS) is 1. The molecule has 3 atom stereocenters. The average molecular weight is 762 g/mol. The van der Waals surface area contributed by atoms with E-state index in [4.69, 9.17) is 24.8 Å². The number of phosphoric acid groups is 1. The Morgan fingerprint density at radius 2 is 0.962 bits per heavy atom. The van der Waals surface area contributed by atoms with Crippen molar-refractivity contribution in [3.05, 3.63) is 12.2 Å². The molecule has 306 valence electrons. The van der Waals surface area contributed by atoms with Crippen molar-refractivity contribution in [3.63, 3.8) is 0 Å². The largest absolute Gasteiger partial charge is 0.480 e. The number of esters is 2. The van der Waals surface area contributed by atoms with Crippen LogP contribution in [0.1, 0.15) is 194 Å². The van der Waals surface area contributed by atoms with E-state index in [0.29, 0.717) is 12.8 Å². The average Bonchev–Trinajstić information content (AvgIpc) is 3.12. The van der Waals surface area contributed by atoms with E-state index in [-0.39, 0.29) is 19.4 Å². The summed E-state index contributed by atoms with van der Waals surface area (Å²) in [6.45, 7) is 2.78. The van der Waals surface area contributed by atoms with Crippen molar-refractivity contribution >= 4 is 25.7 Å². The second-order valence-corrected chi connectivity index (χ2v) is 15.6. The summed E-state index contributed by atoms with van der Waals surface area (Å²) in [5, 5.41) is 8.86. The summed E-state index contributed by atoms with van der Waals surface area (Å²) in [4.78, 5) is 45.7. The van der Waals surface area contributed by atoms with Gasteiger partial charge in [0.25, 0.3) is 0 Å². The normalized spacial score (nSPS) is 13.9. The van der Waals surface area contributed by atoms with E-state index in [1.807, 2.05) is 0 Å². The lowest BCUT2D eigenvalue weighted by Gasteiger charge is -2.20. The Morgan fingerprint density at radius 3 is 1.40 bits per heavy atom. The second-order valence-electron chi connectivity index (χ2n) is 14.1. The second kappa shape index (κ2) is 36.2. The van der Waals surface area contributed by atoms with Crippen LogP contribution in [0.15, 0.2) is 12.2 Å². The van der Waals surface area contributed by atoms with E-state index < -0.39 is 51.1 Å². The summed E-state index contributed by atoms with van der Waals surface area (Å²) < 4.78 is 32.6. The number of allylic oxidation sites excluding steroid dienone is 2. The molecule has 0 saturated heterocycles. The lowest BCUT2D eigenvalue weighted by Crippen LogP contribution is -2.34. The highest BCUT2D eigenvalue weighted by Crippen LogP contribution is 2.43. The zero-order chi connectivity index (χ0) is 38.5. The molecule has 0 aliphatic heterocycles. The van der Waals surface area contributed by atoms with Crippen molar-refractivity contribution in [2.24, 2.45) is 5.73 Å². The van der Waals surface area contributed by atoms with E-state index in [9.17, 15) is 23.8 Å². The van der Waals surface area contributed by atoms with Crippen LogP contribution >= 0.6 is 7.82 Å². The van der Waals surface area contributed by atoms with Gasteiger partial charge in [0.1, 0.15) is 12.6 Å². The summed E-state index contributed by atoms with van der Waals surface area (Å²) in [6.07, 6.45) is 34.3. The number of hydrogen-bond acceptors (Lipinski definition) is 9. The van der Waals surface area contributed by atoms with E-state index >= 15 is 0 Å². The molecule has 0 aromatic rings. The molecule has 0 rings (SSSR count). The first-order chi connectivity index (χ1) is 25.1. The quantitative estimate of drug-likeness (QED) is 0.0235. The van der Waals surface area contributed by atoms with Gasteiger partial charge >= 0.3 is 25.7 Å². The predicted octanol–water partition coefficient (Wildman–Crippen LogP) is 10.5. The Balaban J connectivity index is 4.30. The van der Waals surface area contributed by atoms with Gasteiger partial charge in [0, 0.05) is 12.8 Å². The van der Waals surface area contributed by atoms with Gasteiger partial charge in [-0.15, -0.1) is 0 Å². The lowest BCUT2D eigenvalue weighted by atomic mass is 10.1. The molecule has 12 heteroatoms. The first kappa shape index (κ1) is 50.2. The van der Waals surface area contributed by atoms with Crippen LogP contribution in [0.3, 0.4) is 0 Å². The maximum Gasteiger partial charge on any atom is 0.472 e. The monoisotopic (exact) mass is 762 g/mol. The topological polar surface area (TPSA) is 172 Å². The molecule has 52 heavy (non-hydrogen) atoms. The minimum atomic E-state index is -4.70. The lowest BCUT2D eigenvalue weighted by molar-refractivity contribution is -0.161. The summed E-state index contributed by atoms with van der Waals surface area (Å²) in [5.74, 6) is -2.37. The van der Waals surface area contributed by atoms with Crippen molar-refractivity contribution in [2.45, 2.75) is 206 Å². The molecule has 0 saturated carbocycles. The molecule has 3 unspecified atom stereocenters. The number of unbranched alkanes of at least 4 members (excludes halogenated alkanes) is 23. The Morgan fingerprint density at radius 1 is 0.577 bits per heavy atom. The molecule has 11 nitrogen and oxygen atoms in total. The Hall–Kier alpha value is -1.78. The molecule has 0 bridgehead atoms. The molecule has 0 aliphatic carbocycles. The minimum Gasteiger partial charge on any atom is -0.480 e. The first-order valence-corrected chi connectivity index (χ1v) is 22.2. The Labute approximate surface area is 316 Å². The highest BCUT2D eigenvalue weighted by atomic mass is 31.2. The third-order valence-electron chi connectivity index (χ3n) is 9.01. The van der Waals surface area contributed by atoms with Crippen LogP contribution in [0, 0.1) is 0 Å². The van der Waals surface area contributed by atoms with Gasteiger partial charge in [0.15, 0.2) is 6.10 Å². The van der Waals surface area contributed by atoms with Crippen molar-refractivity contribution in [1.82, 2.24) is 0 Å². The molecule has 0 amide bonds. The van der Waals surface area contributed by atoms with Crippen LogP contribution in [-0.4, -0.2) is 59.9 Å². The number of phosphoric ester groups is 1. The fourth-order valence-electron chi connectivity index (χ4n) is 5.71. The maximum atomic E-state index is 12.6. The van der Waals surface area contributed by atoms with Gasteiger partial charge in [-0.3, -0.25) is 23.4 Å². The summed E-state index contributed by atoms with van der Waals surface area (Å²) in [6, 6.07) is -1.52. The van der Waals surface area contributed by atoms with Gasteiger partial charge in [0.2, 0.25) is 0 Å². The predicted molar refractivity (Wildman–Crippen MR) is 208 cm³/mol. The molecule has 0 aromatic heterocycles. The van der Waals surface area contributed by atoms with E-state index in [2.05, 4.69) is 30.5 Å². The molecule has 0 aromatic carbocycles. The van der Waals surface area contributed by atoms with Gasteiger partial charge in [-0.1, -0.05) is 154 Å². The summed E-state index contributed by atoms with van der Waals surface area (Å²) in [7, 11) is -4.70. The third kappa shape index (κ3) is 35.3. The minimum absolute atomic E-state index is 0.163. The van der Waals surface area contributed by atoms with Crippen LogP contribution in [-0.2, 0) is 37.5 Å². The number of aliphatic carboxylic acids is 1. The van der Waals surface area contributed by atoms with Crippen LogP contribution in [0.25, 0.3) is 0 Å².